The molecule has 0 atom stereocenters. The molecule has 0 radical (unpaired) electrons. The van der Waals surface area contributed by atoms with Gasteiger partial charge in [0.05, 0.1) is 12.1 Å². The molecule has 0 spiro atoms. The van der Waals surface area contributed by atoms with Crippen molar-refractivity contribution in [3.05, 3.63) is 53.6 Å². The van der Waals surface area contributed by atoms with Gasteiger partial charge in [0, 0.05) is 17.9 Å². The van der Waals surface area contributed by atoms with Gasteiger partial charge in [-0.05, 0) is 37.0 Å². The fourth-order valence-corrected chi connectivity index (χ4v) is 3.00. The van der Waals surface area contributed by atoms with Crippen LogP contribution in [0.15, 0.2) is 36.7 Å². The molecule has 1 heterocycles. The summed E-state index contributed by atoms with van der Waals surface area (Å²) in [6.45, 7) is -2.64. The molecule has 0 aliphatic heterocycles. The molecule has 0 bridgehead atoms. The minimum Gasteiger partial charge on any atom is -0.300 e. The van der Waals surface area contributed by atoms with E-state index in [9.17, 15) is 22.0 Å². The summed E-state index contributed by atoms with van der Waals surface area (Å²) in [4.78, 5) is 3.89. The van der Waals surface area contributed by atoms with Crippen LogP contribution in [0.25, 0.3) is 0 Å². The Bertz CT molecular complexity index is 704. The third-order valence-corrected chi connectivity index (χ3v) is 4.49. The number of aromatic nitrogens is 2. The van der Waals surface area contributed by atoms with E-state index in [-0.39, 0.29) is 12.4 Å². The number of benzene rings is 1. The van der Waals surface area contributed by atoms with Crippen molar-refractivity contribution in [3.8, 4) is 0 Å². The van der Waals surface area contributed by atoms with Crippen LogP contribution >= 0.6 is 0 Å². The van der Waals surface area contributed by atoms with Crippen molar-refractivity contribution in [2.75, 3.05) is 0 Å². The zero-order valence-corrected chi connectivity index (χ0v) is 12.7. The van der Waals surface area contributed by atoms with Crippen LogP contribution in [0.1, 0.15) is 42.8 Å². The van der Waals surface area contributed by atoms with Crippen LogP contribution in [-0.2, 0) is 18.3 Å². The first-order valence-electron chi connectivity index (χ1n) is 7.54. The number of hydrogen-bond donors (Lipinski definition) is 1. The molecule has 1 aliphatic rings. The highest BCUT2D eigenvalue weighted by Gasteiger charge is 2.40. The van der Waals surface area contributed by atoms with Gasteiger partial charge in [-0.1, -0.05) is 12.1 Å². The van der Waals surface area contributed by atoms with Crippen molar-refractivity contribution in [1.29, 1.82) is 0 Å². The Morgan fingerprint density at radius 1 is 1.25 bits per heavy atom. The lowest BCUT2D eigenvalue weighted by molar-refractivity contribution is -0.137. The maximum atomic E-state index is 12.9. The fraction of sp³-hybridized carbons (Fsp3) is 0.438. The molecule has 0 amide bonds. The van der Waals surface area contributed by atoms with Crippen molar-refractivity contribution in [1.82, 2.24) is 14.9 Å². The van der Waals surface area contributed by atoms with E-state index in [1.165, 1.54) is 18.5 Å². The number of alkyl halides is 5. The Labute approximate surface area is 135 Å². The van der Waals surface area contributed by atoms with E-state index in [0.29, 0.717) is 18.4 Å². The van der Waals surface area contributed by atoms with Gasteiger partial charge in [0.15, 0.2) is 0 Å². The van der Waals surface area contributed by atoms with Crippen LogP contribution < -0.4 is 5.32 Å². The Kier molecular flexibility index (Phi) is 4.33. The number of rotatable bonds is 5. The Morgan fingerprint density at radius 3 is 2.58 bits per heavy atom. The van der Waals surface area contributed by atoms with E-state index < -0.39 is 23.8 Å². The molecule has 1 N–H and O–H groups in total. The molecule has 3 rings (SSSR count). The van der Waals surface area contributed by atoms with Gasteiger partial charge in [0.1, 0.15) is 5.82 Å². The standard InChI is InChI=1S/C16H16F5N3/c17-14(18)24-8-7-22-13(24)10-23-15(5-2-6-15)11-3-1-4-12(9-11)16(19,20)21/h1,3-4,7-9,14,23H,2,5-6,10H2. The number of hydrogen-bond acceptors (Lipinski definition) is 2. The van der Waals surface area contributed by atoms with E-state index in [2.05, 4.69) is 10.3 Å². The molecule has 3 nitrogen and oxygen atoms in total. The maximum Gasteiger partial charge on any atom is 0.416 e. The first-order valence-corrected chi connectivity index (χ1v) is 7.54. The molecule has 1 aromatic heterocycles. The van der Waals surface area contributed by atoms with Crippen LogP contribution in [0.5, 0.6) is 0 Å². The van der Waals surface area contributed by atoms with Crippen LogP contribution in [0, 0.1) is 0 Å². The number of halogens is 5. The fourth-order valence-electron chi connectivity index (χ4n) is 3.00. The van der Waals surface area contributed by atoms with Crippen LogP contribution in [0.3, 0.4) is 0 Å². The van der Waals surface area contributed by atoms with Gasteiger partial charge in [-0.25, -0.2) is 4.98 Å². The van der Waals surface area contributed by atoms with E-state index in [1.807, 2.05) is 0 Å². The maximum absolute atomic E-state index is 12.9. The van der Waals surface area contributed by atoms with Crippen molar-refractivity contribution < 1.29 is 22.0 Å². The van der Waals surface area contributed by atoms with Gasteiger partial charge in [-0.3, -0.25) is 4.57 Å². The zero-order chi connectivity index (χ0) is 17.4. The normalized spacial score (nSPS) is 17.1. The molecule has 0 unspecified atom stereocenters. The van der Waals surface area contributed by atoms with E-state index >= 15 is 0 Å². The third kappa shape index (κ3) is 3.15. The zero-order valence-electron chi connectivity index (χ0n) is 12.7. The summed E-state index contributed by atoms with van der Waals surface area (Å²) < 4.78 is 65.2. The minimum atomic E-state index is -4.41. The van der Waals surface area contributed by atoms with Gasteiger partial charge in [-0.15, -0.1) is 0 Å². The summed E-state index contributed by atoms with van der Waals surface area (Å²) in [6, 6.07) is 5.17. The second kappa shape index (κ2) is 6.16. The Balaban J connectivity index is 1.81. The van der Waals surface area contributed by atoms with Gasteiger partial charge in [0.25, 0.3) is 0 Å². The minimum absolute atomic E-state index is 0.0631. The summed E-state index contributed by atoms with van der Waals surface area (Å²) in [6.07, 6.45) is 0.229. The van der Waals surface area contributed by atoms with Gasteiger partial charge < -0.3 is 5.32 Å². The molecule has 8 heteroatoms. The first kappa shape index (κ1) is 16.9. The third-order valence-electron chi connectivity index (χ3n) is 4.49. The molecule has 2 aromatic rings. The van der Waals surface area contributed by atoms with Crippen molar-refractivity contribution >= 4 is 0 Å². The number of nitrogens with one attached hydrogen (secondary N) is 1. The topological polar surface area (TPSA) is 29.9 Å². The second-order valence-corrected chi connectivity index (χ2v) is 5.90. The molecule has 1 fully saturated rings. The first-order chi connectivity index (χ1) is 11.3. The van der Waals surface area contributed by atoms with Gasteiger partial charge in [-0.2, -0.15) is 22.0 Å². The van der Waals surface area contributed by atoms with Crippen molar-refractivity contribution in [3.63, 3.8) is 0 Å². The van der Waals surface area contributed by atoms with Crippen molar-refractivity contribution in [2.45, 2.75) is 44.1 Å². The Morgan fingerprint density at radius 2 is 2.00 bits per heavy atom. The Hall–Kier alpha value is -1.96. The molecule has 1 saturated carbocycles. The number of imidazole rings is 1. The lowest BCUT2D eigenvalue weighted by Crippen LogP contribution is -2.48. The predicted molar refractivity (Wildman–Crippen MR) is 77.3 cm³/mol. The predicted octanol–water partition coefficient (Wildman–Crippen LogP) is 4.47. The van der Waals surface area contributed by atoms with Crippen LogP contribution in [0.4, 0.5) is 22.0 Å². The van der Waals surface area contributed by atoms with Crippen LogP contribution in [0.2, 0.25) is 0 Å². The van der Waals surface area contributed by atoms with Gasteiger partial charge in [0.2, 0.25) is 0 Å². The monoisotopic (exact) mass is 345 g/mol. The summed E-state index contributed by atoms with van der Waals surface area (Å²) in [7, 11) is 0. The lowest BCUT2D eigenvalue weighted by Gasteiger charge is -2.43. The molecule has 1 aliphatic carbocycles. The van der Waals surface area contributed by atoms with E-state index in [0.717, 1.165) is 23.1 Å². The van der Waals surface area contributed by atoms with Gasteiger partial charge >= 0.3 is 12.7 Å². The summed E-state index contributed by atoms with van der Waals surface area (Å²) in [5.41, 5.74) is -0.805. The molecule has 1 aromatic carbocycles. The average molecular weight is 345 g/mol. The highest BCUT2D eigenvalue weighted by molar-refractivity contribution is 5.33. The molecule has 0 saturated heterocycles. The molecular weight excluding hydrogens is 329 g/mol. The van der Waals surface area contributed by atoms with Crippen LogP contribution in [-0.4, -0.2) is 9.55 Å². The summed E-state index contributed by atoms with van der Waals surface area (Å²) >= 11 is 0. The van der Waals surface area contributed by atoms with E-state index in [1.54, 1.807) is 6.07 Å². The second-order valence-electron chi connectivity index (χ2n) is 5.90. The molecule has 130 valence electrons. The summed E-state index contributed by atoms with van der Waals surface area (Å²) in [5.74, 6) is 0.156. The average Bonchev–Trinajstić information content (AvgIpc) is 2.94. The highest BCUT2D eigenvalue weighted by atomic mass is 19.4. The molecular formula is C16H16F5N3. The smallest absolute Gasteiger partial charge is 0.300 e. The lowest BCUT2D eigenvalue weighted by atomic mass is 9.71. The van der Waals surface area contributed by atoms with Crippen molar-refractivity contribution in [2.24, 2.45) is 0 Å². The SMILES string of the molecule is FC(F)n1ccnc1CNC1(c2cccc(C(F)(F)F)c2)CCC1. The van der Waals surface area contributed by atoms with E-state index in [4.69, 9.17) is 0 Å². The largest absolute Gasteiger partial charge is 0.416 e. The quantitative estimate of drug-likeness (QED) is 0.811. The molecule has 24 heavy (non-hydrogen) atoms. The summed E-state index contributed by atoms with van der Waals surface area (Å²) in [5, 5.41) is 3.14. The number of nitrogens with zero attached hydrogens (tertiary/aromatic N) is 2. The highest BCUT2D eigenvalue weighted by Crippen LogP contribution is 2.43.